The van der Waals surface area contributed by atoms with Crippen LogP contribution in [0.1, 0.15) is 18.1 Å². The molecule has 3 heterocycles. The summed E-state index contributed by atoms with van der Waals surface area (Å²) < 4.78 is 103. The van der Waals surface area contributed by atoms with Crippen LogP contribution < -0.4 is 0 Å². The highest BCUT2D eigenvalue weighted by atomic mass is 32.2. The van der Waals surface area contributed by atoms with Crippen LogP contribution in [0.3, 0.4) is 0 Å². The van der Waals surface area contributed by atoms with Crippen LogP contribution >= 0.6 is 0 Å². The number of halogens is 6. The van der Waals surface area contributed by atoms with Crippen molar-refractivity contribution in [2.75, 3.05) is 5.75 Å². The van der Waals surface area contributed by atoms with Gasteiger partial charge in [-0.2, -0.15) is 26.3 Å². The fourth-order valence-electron chi connectivity index (χ4n) is 2.50. The van der Waals surface area contributed by atoms with E-state index in [0.29, 0.717) is 24.4 Å². The summed E-state index contributed by atoms with van der Waals surface area (Å²) in [6.45, 7) is 1.32. The largest absolute Gasteiger partial charge is 0.417 e. The standard InChI is InChI=1S/C16H11F6N3O2S/c1-2-28(26,27)14-13(11-4-3-10(8-23-11)16(20,21)22)24-12-7-9(15(17,18)19)5-6-25(12)14/h3-8H,2H2,1H3. The number of pyridine rings is 2. The molecule has 3 aromatic heterocycles. The molecule has 0 saturated heterocycles. The Balaban J connectivity index is 2.27. The summed E-state index contributed by atoms with van der Waals surface area (Å²) in [6, 6.07) is 2.95. The van der Waals surface area contributed by atoms with Gasteiger partial charge in [0.1, 0.15) is 11.3 Å². The highest BCUT2D eigenvalue weighted by Gasteiger charge is 2.33. The second-order valence-electron chi connectivity index (χ2n) is 5.74. The van der Waals surface area contributed by atoms with Gasteiger partial charge in [0.05, 0.1) is 22.6 Å². The minimum Gasteiger partial charge on any atom is -0.290 e. The molecule has 0 bridgehead atoms. The van der Waals surface area contributed by atoms with Gasteiger partial charge in [-0.25, -0.2) is 13.4 Å². The number of aromatic nitrogens is 3. The predicted molar refractivity (Wildman–Crippen MR) is 86.2 cm³/mol. The average Bonchev–Trinajstić information content (AvgIpc) is 2.99. The normalized spacial score (nSPS) is 13.2. The Labute approximate surface area is 154 Å². The van der Waals surface area contributed by atoms with Gasteiger partial charge in [0.25, 0.3) is 0 Å². The van der Waals surface area contributed by atoms with Gasteiger partial charge in [-0.1, -0.05) is 6.92 Å². The Bertz CT molecular complexity index is 1130. The average molecular weight is 423 g/mol. The van der Waals surface area contributed by atoms with Gasteiger partial charge in [-0.05, 0) is 24.3 Å². The lowest BCUT2D eigenvalue weighted by atomic mass is 10.2. The van der Waals surface area contributed by atoms with Crippen molar-refractivity contribution in [3.05, 3.63) is 47.8 Å². The molecular weight excluding hydrogens is 412 g/mol. The zero-order valence-electron chi connectivity index (χ0n) is 14.0. The van der Waals surface area contributed by atoms with Crippen molar-refractivity contribution in [2.24, 2.45) is 0 Å². The van der Waals surface area contributed by atoms with E-state index in [1.165, 1.54) is 6.92 Å². The maximum absolute atomic E-state index is 12.9. The van der Waals surface area contributed by atoms with Crippen molar-refractivity contribution < 1.29 is 34.8 Å². The molecule has 0 aliphatic heterocycles. The topological polar surface area (TPSA) is 64.3 Å². The minimum atomic E-state index is -4.68. The Morgan fingerprint density at radius 3 is 2.14 bits per heavy atom. The van der Waals surface area contributed by atoms with Crippen LogP contribution in [0, 0.1) is 0 Å². The van der Waals surface area contributed by atoms with Crippen molar-refractivity contribution in [1.29, 1.82) is 0 Å². The molecule has 0 spiro atoms. The van der Waals surface area contributed by atoms with Gasteiger partial charge in [-0.3, -0.25) is 9.38 Å². The van der Waals surface area contributed by atoms with Crippen LogP contribution in [0.15, 0.2) is 41.7 Å². The molecule has 150 valence electrons. The van der Waals surface area contributed by atoms with Gasteiger partial charge in [0.15, 0.2) is 14.9 Å². The van der Waals surface area contributed by atoms with E-state index < -0.39 is 44.1 Å². The Morgan fingerprint density at radius 2 is 1.64 bits per heavy atom. The van der Waals surface area contributed by atoms with Crippen molar-refractivity contribution in [3.8, 4) is 11.4 Å². The maximum atomic E-state index is 12.9. The number of hydrogen-bond acceptors (Lipinski definition) is 4. The molecule has 3 rings (SSSR count). The Kier molecular flexibility index (Phi) is 4.64. The SMILES string of the molecule is CCS(=O)(=O)c1c(-c2ccc(C(F)(F)F)cn2)nc2cc(C(F)(F)F)ccn12. The quantitative estimate of drug-likeness (QED) is 0.592. The van der Waals surface area contributed by atoms with E-state index >= 15 is 0 Å². The van der Waals surface area contributed by atoms with E-state index in [0.717, 1.165) is 16.7 Å². The minimum absolute atomic E-state index is 0.211. The number of fused-ring (bicyclic) bond motifs is 1. The Hall–Kier alpha value is -2.63. The zero-order valence-corrected chi connectivity index (χ0v) is 14.8. The van der Waals surface area contributed by atoms with Crippen LogP contribution in [0.4, 0.5) is 26.3 Å². The zero-order chi connectivity index (χ0) is 20.9. The fraction of sp³-hybridized carbons (Fsp3) is 0.250. The van der Waals surface area contributed by atoms with Crippen LogP contribution in [-0.4, -0.2) is 28.5 Å². The van der Waals surface area contributed by atoms with Gasteiger partial charge >= 0.3 is 12.4 Å². The second kappa shape index (κ2) is 6.47. The third kappa shape index (κ3) is 3.55. The number of rotatable bonds is 3. The number of sulfone groups is 1. The first-order chi connectivity index (χ1) is 12.8. The summed E-state index contributed by atoms with van der Waals surface area (Å²) in [5.74, 6) is -0.393. The fourth-order valence-corrected chi connectivity index (χ4v) is 3.67. The van der Waals surface area contributed by atoms with Gasteiger partial charge in [0, 0.05) is 12.4 Å². The third-order valence-corrected chi connectivity index (χ3v) is 5.66. The molecule has 0 atom stereocenters. The summed E-state index contributed by atoms with van der Waals surface area (Å²) in [5.41, 5.74) is -2.96. The van der Waals surface area contributed by atoms with Crippen LogP contribution in [0.2, 0.25) is 0 Å². The van der Waals surface area contributed by atoms with E-state index in [9.17, 15) is 34.8 Å². The lowest BCUT2D eigenvalue weighted by molar-refractivity contribution is -0.138. The first-order valence-corrected chi connectivity index (χ1v) is 9.35. The van der Waals surface area contributed by atoms with Crippen molar-refractivity contribution >= 4 is 15.5 Å². The Morgan fingerprint density at radius 1 is 1.00 bits per heavy atom. The smallest absolute Gasteiger partial charge is 0.290 e. The lowest BCUT2D eigenvalue weighted by Crippen LogP contribution is -2.10. The monoisotopic (exact) mass is 423 g/mol. The van der Waals surface area contributed by atoms with Gasteiger partial charge in [0.2, 0.25) is 0 Å². The highest BCUT2D eigenvalue weighted by molar-refractivity contribution is 7.91. The molecule has 5 nitrogen and oxygen atoms in total. The highest BCUT2D eigenvalue weighted by Crippen LogP contribution is 2.34. The van der Waals surface area contributed by atoms with Crippen molar-refractivity contribution in [1.82, 2.24) is 14.4 Å². The number of imidazole rings is 1. The van der Waals surface area contributed by atoms with Crippen LogP contribution in [0.5, 0.6) is 0 Å². The molecule has 0 N–H and O–H groups in total. The summed E-state index contributed by atoms with van der Waals surface area (Å²) in [6.07, 6.45) is -7.92. The van der Waals surface area contributed by atoms with Gasteiger partial charge < -0.3 is 0 Å². The first kappa shape index (κ1) is 20.1. The molecule has 0 aromatic carbocycles. The van der Waals surface area contributed by atoms with E-state index in [-0.39, 0.29) is 17.0 Å². The predicted octanol–water partition coefficient (Wildman–Crippen LogP) is 4.23. The van der Waals surface area contributed by atoms with Crippen molar-refractivity contribution in [3.63, 3.8) is 0 Å². The summed E-state index contributed by atoms with van der Waals surface area (Å²) in [5, 5.41) is -0.439. The summed E-state index contributed by atoms with van der Waals surface area (Å²) >= 11 is 0. The van der Waals surface area contributed by atoms with Crippen LogP contribution in [-0.2, 0) is 22.2 Å². The summed E-state index contributed by atoms with van der Waals surface area (Å²) in [7, 11) is -3.99. The second-order valence-corrected chi connectivity index (χ2v) is 7.93. The molecular formula is C16H11F6N3O2S. The molecule has 0 aliphatic rings. The number of alkyl halides is 6. The van der Waals surface area contributed by atoms with Crippen molar-refractivity contribution in [2.45, 2.75) is 24.3 Å². The van der Waals surface area contributed by atoms with E-state index in [1.807, 2.05) is 0 Å². The lowest BCUT2D eigenvalue weighted by Gasteiger charge is -2.08. The molecule has 0 saturated carbocycles. The third-order valence-electron chi connectivity index (χ3n) is 3.92. The maximum Gasteiger partial charge on any atom is 0.417 e. The van der Waals surface area contributed by atoms with E-state index in [1.54, 1.807) is 0 Å². The van der Waals surface area contributed by atoms with E-state index in [2.05, 4.69) is 9.97 Å². The molecule has 12 heteroatoms. The molecule has 0 fully saturated rings. The molecule has 0 aliphatic carbocycles. The molecule has 28 heavy (non-hydrogen) atoms. The number of hydrogen-bond donors (Lipinski definition) is 0. The van der Waals surface area contributed by atoms with Crippen LogP contribution in [0.25, 0.3) is 17.0 Å². The summed E-state index contributed by atoms with van der Waals surface area (Å²) in [4.78, 5) is 7.51. The van der Waals surface area contributed by atoms with E-state index in [4.69, 9.17) is 0 Å². The molecule has 3 aromatic rings. The van der Waals surface area contributed by atoms with Gasteiger partial charge in [-0.15, -0.1) is 0 Å². The first-order valence-electron chi connectivity index (χ1n) is 7.70. The number of nitrogens with zero attached hydrogens (tertiary/aromatic N) is 3. The molecule has 0 amide bonds. The molecule has 0 radical (unpaired) electrons. The molecule has 0 unspecified atom stereocenters.